The number of ether oxygens (including phenoxy) is 6. The van der Waals surface area contributed by atoms with E-state index in [0.29, 0.717) is 25.0 Å². The van der Waals surface area contributed by atoms with Gasteiger partial charge in [0, 0.05) is 13.8 Å². The maximum Gasteiger partial charge on any atom is 0.340 e. The highest BCUT2D eigenvalue weighted by atomic mass is 16.8. The molecule has 1 aromatic rings. The molecule has 0 amide bonds. The molecule has 1 aromatic carbocycles. The van der Waals surface area contributed by atoms with Crippen LogP contribution < -0.4 is 0 Å². The van der Waals surface area contributed by atoms with Crippen LogP contribution in [0.1, 0.15) is 62.3 Å². The minimum atomic E-state index is -2.29. The molecule has 0 saturated heterocycles. The van der Waals surface area contributed by atoms with Crippen LogP contribution in [0.25, 0.3) is 0 Å². The van der Waals surface area contributed by atoms with Crippen LogP contribution in [0.2, 0.25) is 0 Å². The van der Waals surface area contributed by atoms with Crippen LogP contribution in [0.5, 0.6) is 0 Å². The van der Waals surface area contributed by atoms with E-state index < -0.39 is 60.6 Å². The van der Waals surface area contributed by atoms with Crippen LogP contribution in [0.15, 0.2) is 71.6 Å². The first-order valence-corrected chi connectivity index (χ1v) is 13.1. The number of carbonyl (C=O) groups excluding carboxylic acids is 6. The Morgan fingerprint density at radius 3 is 1.00 bits per heavy atom. The smallest absolute Gasteiger partial charge is 0.340 e. The van der Waals surface area contributed by atoms with Crippen LogP contribution in [-0.2, 0) is 47.6 Å². The van der Waals surface area contributed by atoms with Crippen molar-refractivity contribution in [3.05, 3.63) is 82.7 Å². The van der Waals surface area contributed by atoms with Gasteiger partial charge in [0.2, 0.25) is 0 Å². The number of aliphatic hydroxyl groups is 4. The van der Waals surface area contributed by atoms with Gasteiger partial charge in [-0.15, -0.1) is 0 Å². The minimum absolute atomic E-state index is 0.301. The molecule has 0 aliphatic heterocycles. The lowest BCUT2D eigenvalue weighted by Crippen LogP contribution is -2.43. The van der Waals surface area contributed by atoms with Crippen molar-refractivity contribution < 1.29 is 77.6 Å². The number of benzene rings is 1. The minimum Gasteiger partial charge on any atom is -0.515 e. The Morgan fingerprint density at radius 2 is 0.783 bits per heavy atom. The zero-order valence-electron chi connectivity index (χ0n) is 25.7. The normalized spacial score (nSPS) is 13.9. The van der Waals surface area contributed by atoms with Gasteiger partial charge in [0.15, 0.2) is 13.2 Å². The first kappa shape index (κ1) is 38.2. The van der Waals surface area contributed by atoms with Crippen molar-refractivity contribution in [2.75, 3.05) is 13.2 Å². The molecule has 0 saturated carbocycles. The lowest BCUT2D eigenvalue weighted by molar-refractivity contribution is -0.229. The van der Waals surface area contributed by atoms with Crippen LogP contribution >= 0.6 is 0 Å². The molecule has 16 nitrogen and oxygen atoms in total. The van der Waals surface area contributed by atoms with Gasteiger partial charge in [-0.25, -0.2) is 28.8 Å². The van der Waals surface area contributed by atoms with E-state index >= 15 is 0 Å². The summed E-state index contributed by atoms with van der Waals surface area (Å²) >= 11 is 0. The molecule has 46 heavy (non-hydrogen) atoms. The fourth-order valence-electron chi connectivity index (χ4n) is 2.86. The molecule has 0 aliphatic carbocycles. The molecular formula is C30H34O16. The number of rotatable bonds is 14. The van der Waals surface area contributed by atoms with E-state index in [9.17, 15) is 28.8 Å². The summed E-state index contributed by atoms with van der Waals surface area (Å²) in [5, 5.41) is 36.4. The lowest BCUT2D eigenvalue weighted by Gasteiger charge is -2.29. The predicted molar refractivity (Wildman–Crippen MR) is 154 cm³/mol. The maximum absolute atomic E-state index is 13.1. The number of hydrogen-bond donors (Lipinski definition) is 4. The second-order valence-electron chi connectivity index (χ2n) is 9.77. The van der Waals surface area contributed by atoms with E-state index in [-0.39, 0.29) is 33.4 Å². The van der Waals surface area contributed by atoms with Crippen molar-refractivity contribution in [2.45, 2.75) is 53.1 Å². The Kier molecular flexibility index (Phi) is 14.0. The van der Waals surface area contributed by atoms with Gasteiger partial charge in [-0.1, -0.05) is 12.1 Å². The Labute approximate surface area is 262 Å². The molecule has 0 radical (unpaired) electrons. The van der Waals surface area contributed by atoms with Crippen molar-refractivity contribution in [3.8, 4) is 0 Å². The average Bonchev–Trinajstić information content (AvgIpc) is 3.03. The second-order valence-corrected chi connectivity index (χ2v) is 9.77. The maximum atomic E-state index is 13.1. The standard InChI is InChI=1S/C30H34O16/c1-17(11-31)23(35)43-29(5,44-24(36)18(2)12-32)15-41-27(39)21-9-7-8-10-22(21)28(40)42-16-30(6,45-25(37)19(3)13-33)46-26(38)20(4)14-34/h7-14,31-34H,15-16H2,1-6H3/b17-11+,18-12+,19-13+,20-14+. The Balaban J connectivity index is 3.27. The Bertz CT molecular complexity index is 1290. The summed E-state index contributed by atoms with van der Waals surface area (Å²) < 4.78 is 30.8. The number of aliphatic hydroxyl groups excluding tert-OH is 4. The summed E-state index contributed by atoms with van der Waals surface area (Å²) in [5.41, 5.74) is -1.98. The van der Waals surface area contributed by atoms with Crippen molar-refractivity contribution >= 4 is 35.8 Å². The molecule has 0 aliphatic rings. The molecule has 0 bridgehead atoms. The van der Waals surface area contributed by atoms with E-state index in [1.807, 2.05) is 0 Å². The molecular weight excluding hydrogens is 616 g/mol. The van der Waals surface area contributed by atoms with E-state index in [4.69, 9.17) is 48.8 Å². The zero-order valence-corrected chi connectivity index (χ0v) is 25.7. The van der Waals surface area contributed by atoms with E-state index in [1.165, 1.54) is 39.8 Å². The number of carbonyl (C=O) groups is 6. The highest BCUT2D eigenvalue weighted by Gasteiger charge is 2.38. The molecule has 4 N–H and O–H groups in total. The molecule has 16 heteroatoms. The molecule has 0 atom stereocenters. The molecule has 0 aromatic heterocycles. The van der Waals surface area contributed by atoms with E-state index in [1.54, 1.807) is 0 Å². The SMILES string of the molecule is C/C(=C\O)C(=O)OC(C)(COC(=O)c1ccccc1C(=O)OCC(C)(OC(=O)/C(C)=C/O)OC(=O)/C(C)=C/O)OC(=O)/C(C)=C/O. The van der Waals surface area contributed by atoms with Gasteiger partial charge in [-0.05, 0) is 39.8 Å². The van der Waals surface area contributed by atoms with E-state index in [0.717, 1.165) is 26.0 Å². The summed E-state index contributed by atoms with van der Waals surface area (Å²) in [7, 11) is 0. The number of esters is 6. The lowest BCUT2D eigenvalue weighted by atomic mass is 10.1. The van der Waals surface area contributed by atoms with Crippen molar-refractivity contribution in [2.24, 2.45) is 0 Å². The third-order valence-corrected chi connectivity index (χ3v) is 5.59. The van der Waals surface area contributed by atoms with Crippen LogP contribution in [0.4, 0.5) is 0 Å². The van der Waals surface area contributed by atoms with Crippen LogP contribution in [0, 0.1) is 0 Å². The van der Waals surface area contributed by atoms with Gasteiger partial charge in [-0.3, -0.25) is 0 Å². The third-order valence-electron chi connectivity index (χ3n) is 5.59. The fourth-order valence-corrected chi connectivity index (χ4v) is 2.86. The second kappa shape index (κ2) is 16.9. The zero-order chi connectivity index (χ0) is 35.2. The largest absolute Gasteiger partial charge is 0.515 e. The fraction of sp³-hybridized carbons (Fsp3) is 0.333. The topological polar surface area (TPSA) is 239 Å². The highest BCUT2D eigenvalue weighted by molar-refractivity contribution is 6.03. The number of hydrogen-bond acceptors (Lipinski definition) is 16. The first-order chi connectivity index (χ1) is 21.5. The van der Waals surface area contributed by atoms with Crippen LogP contribution in [-0.4, -0.2) is 81.0 Å². The van der Waals surface area contributed by atoms with Gasteiger partial charge in [0.1, 0.15) is 0 Å². The summed E-state index contributed by atoms with van der Waals surface area (Å²) in [6.07, 6.45) is 1.72. The summed E-state index contributed by atoms with van der Waals surface area (Å²) in [6.45, 7) is 4.97. The van der Waals surface area contributed by atoms with Crippen molar-refractivity contribution in [1.82, 2.24) is 0 Å². The monoisotopic (exact) mass is 650 g/mol. The van der Waals surface area contributed by atoms with Gasteiger partial charge in [0.05, 0.1) is 58.5 Å². The highest BCUT2D eigenvalue weighted by Crippen LogP contribution is 2.22. The molecule has 0 fully saturated rings. The molecule has 0 heterocycles. The third kappa shape index (κ3) is 11.0. The Hall–Kier alpha value is -5.80. The van der Waals surface area contributed by atoms with E-state index in [2.05, 4.69) is 0 Å². The summed E-state index contributed by atoms with van der Waals surface area (Å²) in [6, 6.07) is 5.05. The Morgan fingerprint density at radius 1 is 0.543 bits per heavy atom. The molecule has 250 valence electrons. The van der Waals surface area contributed by atoms with Gasteiger partial charge >= 0.3 is 35.8 Å². The predicted octanol–water partition coefficient (Wildman–Crippen LogP) is 3.45. The quantitative estimate of drug-likeness (QED) is 0.0741. The average molecular weight is 651 g/mol. The first-order valence-electron chi connectivity index (χ1n) is 13.1. The molecule has 0 unspecified atom stereocenters. The summed E-state index contributed by atoms with van der Waals surface area (Å²) in [5.74, 6) is -11.6. The molecule has 1 rings (SSSR count). The molecule has 0 spiro atoms. The van der Waals surface area contributed by atoms with Gasteiger partial charge in [-0.2, -0.15) is 0 Å². The van der Waals surface area contributed by atoms with Gasteiger partial charge < -0.3 is 48.8 Å². The van der Waals surface area contributed by atoms with Gasteiger partial charge in [0.25, 0.3) is 11.6 Å². The summed E-state index contributed by atoms with van der Waals surface area (Å²) in [4.78, 5) is 75.2. The van der Waals surface area contributed by atoms with Crippen LogP contribution in [0.3, 0.4) is 0 Å². The van der Waals surface area contributed by atoms with Crippen molar-refractivity contribution in [3.63, 3.8) is 0 Å². The van der Waals surface area contributed by atoms with Crippen molar-refractivity contribution in [1.29, 1.82) is 0 Å².